The van der Waals surface area contributed by atoms with Gasteiger partial charge in [0.05, 0.1) is 6.61 Å². The van der Waals surface area contributed by atoms with E-state index in [0.717, 1.165) is 12.0 Å². The number of hydrogen-bond donors (Lipinski definition) is 0. The van der Waals surface area contributed by atoms with Crippen molar-refractivity contribution >= 4 is 24.0 Å². The van der Waals surface area contributed by atoms with E-state index in [4.69, 9.17) is 4.74 Å². The Bertz CT molecular complexity index is 561. The van der Waals surface area contributed by atoms with Gasteiger partial charge in [-0.05, 0) is 32.4 Å². The molecule has 2 amide bonds. The van der Waals surface area contributed by atoms with Crippen LogP contribution in [0, 0.1) is 0 Å². The zero-order valence-electron chi connectivity index (χ0n) is 12.8. The molecule has 118 valence electrons. The first-order chi connectivity index (χ1) is 10.5. The molecule has 1 unspecified atom stereocenters. The molecule has 1 aromatic rings. The maximum atomic E-state index is 12.4. The van der Waals surface area contributed by atoms with Crippen LogP contribution in [0.15, 0.2) is 30.3 Å². The normalized spacial score (nSPS) is 20.5. The molecule has 22 heavy (non-hydrogen) atoms. The number of rotatable bonds is 7. The molecule has 0 spiro atoms. The number of urea groups is 1. The summed E-state index contributed by atoms with van der Waals surface area (Å²) >= 11 is 0. The van der Waals surface area contributed by atoms with Crippen molar-refractivity contribution < 1.29 is 19.1 Å². The number of nitrogens with zero attached hydrogens (tertiary/aromatic N) is 2. The molecule has 1 aliphatic heterocycles. The van der Waals surface area contributed by atoms with Crippen molar-refractivity contribution in [2.75, 3.05) is 18.1 Å². The molecule has 1 aromatic carbocycles. The van der Waals surface area contributed by atoms with E-state index in [1.807, 2.05) is 37.3 Å². The lowest BCUT2D eigenvalue weighted by Crippen LogP contribution is -2.77. The Balaban J connectivity index is 2.22. The molecule has 0 bridgehead atoms. The summed E-state index contributed by atoms with van der Waals surface area (Å²) in [6, 6.07) is 8.96. The predicted molar refractivity (Wildman–Crippen MR) is 81.4 cm³/mol. The topological polar surface area (TPSA) is 66.9 Å². The van der Waals surface area contributed by atoms with Gasteiger partial charge in [-0.25, -0.2) is 4.79 Å². The van der Waals surface area contributed by atoms with Crippen LogP contribution in [-0.4, -0.2) is 42.0 Å². The SMILES string of the molecule is CCOC(=O)CN1C(=O)N(c2ccccc2)C1(C)CCC=O. The smallest absolute Gasteiger partial charge is 0.328 e. The number of amides is 2. The average Bonchev–Trinajstić information content (AvgIpc) is 2.52. The molecule has 0 radical (unpaired) electrons. The van der Waals surface area contributed by atoms with E-state index >= 15 is 0 Å². The molecule has 2 rings (SSSR count). The van der Waals surface area contributed by atoms with Crippen LogP contribution in [0.5, 0.6) is 0 Å². The number of carbonyl (C=O) groups excluding carboxylic acids is 3. The summed E-state index contributed by atoms with van der Waals surface area (Å²) in [5.41, 5.74) is 0.0487. The Labute approximate surface area is 129 Å². The maximum Gasteiger partial charge on any atom is 0.328 e. The molecular weight excluding hydrogens is 284 g/mol. The quantitative estimate of drug-likeness (QED) is 0.572. The van der Waals surface area contributed by atoms with Crippen molar-refractivity contribution in [2.24, 2.45) is 0 Å². The zero-order chi connectivity index (χ0) is 16.2. The molecule has 6 nitrogen and oxygen atoms in total. The minimum Gasteiger partial charge on any atom is -0.465 e. The highest BCUT2D eigenvalue weighted by atomic mass is 16.5. The molecule has 1 heterocycles. The van der Waals surface area contributed by atoms with Crippen molar-refractivity contribution in [3.63, 3.8) is 0 Å². The third-order valence-electron chi connectivity index (χ3n) is 3.83. The number of hydrogen-bond acceptors (Lipinski definition) is 4. The number of aldehydes is 1. The molecule has 0 saturated carbocycles. The summed E-state index contributed by atoms with van der Waals surface area (Å²) in [5.74, 6) is -0.444. The van der Waals surface area contributed by atoms with Crippen LogP contribution >= 0.6 is 0 Å². The van der Waals surface area contributed by atoms with Crippen LogP contribution in [-0.2, 0) is 14.3 Å². The number of ether oxygens (including phenoxy) is 1. The van der Waals surface area contributed by atoms with Crippen LogP contribution in [0.3, 0.4) is 0 Å². The molecule has 0 aliphatic carbocycles. The fraction of sp³-hybridized carbons (Fsp3) is 0.438. The van der Waals surface area contributed by atoms with Gasteiger partial charge < -0.3 is 9.53 Å². The Morgan fingerprint density at radius 2 is 2.00 bits per heavy atom. The van der Waals surface area contributed by atoms with Crippen molar-refractivity contribution in [3.05, 3.63) is 30.3 Å². The van der Waals surface area contributed by atoms with Crippen LogP contribution in [0.2, 0.25) is 0 Å². The number of para-hydroxylation sites is 1. The summed E-state index contributed by atoms with van der Waals surface area (Å²) in [7, 11) is 0. The zero-order valence-corrected chi connectivity index (χ0v) is 12.8. The molecule has 0 N–H and O–H groups in total. The van der Waals surface area contributed by atoms with E-state index in [1.54, 1.807) is 11.8 Å². The Kier molecular flexibility index (Phi) is 4.80. The number of benzene rings is 1. The third-order valence-corrected chi connectivity index (χ3v) is 3.83. The number of anilines is 1. The maximum absolute atomic E-state index is 12.4. The van der Waals surface area contributed by atoms with E-state index in [2.05, 4.69) is 0 Å². The molecule has 1 saturated heterocycles. The Morgan fingerprint density at radius 3 is 2.59 bits per heavy atom. The van der Waals surface area contributed by atoms with Crippen LogP contribution in [0.1, 0.15) is 26.7 Å². The summed E-state index contributed by atoms with van der Waals surface area (Å²) in [6.07, 6.45) is 1.59. The van der Waals surface area contributed by atoms with Gasteiger partial charge in [-0.15, -0.1) is 0 Å². The van der Waals surface area contributed by atoms with Gasteiger partial charge in [-0.1, -0.05) is 18.2 Å². The molecule has 6 heteroatoms. The molecule has 1 fully saturated rings. The first kappa shape index (κ1) is 16.0. The van der Waals surface area contributed by atoms with Gasteiger partial charge >= 0.3 is 12.0 Å². The highest BCUT2D eigenvalue weighted by Gasteiger charge is 2.55. The molecule has 1 aliphatic rings. The predicted octanol–water partition coefficient (Wildman–Crippen LogP) is 2.19. The van der Waals surface area contributed by atoms with Gasteiger partial charge in [0, 0.05) is 12.1 Å². The second kappa shape index (κ2) is 6.60. The lowest BCUT2D eigenvalue weighted by atomic mass is 9.95. The van der Waals surface area contributed by atoms with Crippen molar-refractivity contribution in [3.8, 4) is 0 Å². The van der Waals surface area contributed by atoms with E-state index < -0.39 is 11.6 Å². The first-order valence-corrected chi connectivity index (χ1v) is 7.30. The molecular formula is C16H20N2O4. The number of carbonyl (C=O) groups is 3. The highest BCUT2D eigenvalue weighted by molar-refractivity contribution is 6.02. The Morgan fingerprint density at radius 1 is 1.32 bits per heavy atom. The summed E-state index contributed by atoms with van der Waals surface area (Å²) in [5, 5.41) is 0. The van der Waals surface area contributed by atoms with Gasteiger partial charge in [-0.2, -0.15) is 0 Å². The third kappa shape index (κ3) is 2.81. The van der Waals surface area contributed by atoms with E-state index in [-0.39, 0.29) is 19.2 Å². The minimum atomic E-state index is -0.702. The number of esters is 1. The van der Waals surface area contributed by atoms with Crippen LogP contribution < -0.4 is 4.90 Å². The van der Waals surface area contributed by atoms with Gasteiger partial charge in [0.1, 0.15) is 18.5 Å². The average molecular weight is 304 g/mol. The second-order valence-electron chi connectivity index (χ2n) is 5.27. The fourth-order valence-electron chi connectivity index (χ4n) is 2.73. The fourth-order valence-corrected chi connectivity index (χ4v) is 2.73. The first-order valence-electron chi connectivity index (χ1n) is 7.30. The lowest BCUT2D eigenvalue weighted by molar-refractivity contribution is -0.146. The van der Waals surface area contributed by atoms with Crippen LogP contribution in [0.4, 0.5) is 10.5 Å². The molecule has 0 aromatic heterocycles. The molecule has 1 atom stereocenters. The van der Waals surface area contributed by atoms with Gasteiger partial charge in [0.2, 0.25) is 0 Å². The van der Waals surface area contributed by atoms with E-state index in [0.29, 0.717) is 12.8 Å². The standard InChI is InChI=1S/C16H20N2O4/c1-3-22-14(20)12-17-15(21)18(13-8-5-4-6-9-13)16(17,2)10-7-11-19/h4-6,8-9,11H,3,7,10,12H2,1-2H3. The van der Waals surface area contributed by atoms with Gasteiger partial charge in [0.25, 0.3) is 0 Å². The second-order valence-corrected chi connectivity index (χ2v) is 5.27. The Hall–Kier alpha value is -2.37. The largest absolute Gasteiger partial charge is 0.465 e. The van der Waals surface area contributed by atoms with Crippen LogP contribution in [0.25, 0.3) is 0 Å². The van der Waals surface area contributed by atoms with Crippen molar-refractivity contribution in [2.45, 2.75) is 32.4 Å². The van der Waals surface area contributed by atoms with Gasteiger partial charge in [-0.3, -0.25) is 14.6 Å². The lowest BCUT2D eigenvalue weighted by Gasteiger charge is -2.58. The van der Waals surface area contributed by atoms with Crippen molar-refractivity contribution in [1.82, 2.24) is 4.90 Å². The highest BCUT2D eigenvalue weighted by Crippen LogP contribution is 2.40. The minimum absolute atomic E-state index is 0.106. The summed E-state index contributed by atoms with van der Waals surface area (Å²) in [6.45, 7) is 3.74. The van der Waals surface area contributed by atoms with Crippen molar-refractivity contribution in [1.29, 1.82) is 0 Å². The van der Waals surface area contributed by atoms with Gasteiger partial charge in [0.15, 0.2) is 0 Å². The van der Waals surface area contributed by atoms with E-state index in [9.17, 15) is 14.4 Å². The van der Waals surface area contributed by atoms with E-state index in [1.165, 1.54) is 4.90 Å². The monoisotopic (exact) mass is 304 g/mol. The summed E-state index contributed by atoms with van der Waals surface area (Å²) < 4.78 is 4.91. The summed E-state index contributed by atoms with van der Waals surface area (Å²) in [4.78, 5) is 37.9.